The number of carboxylic acids is 1. The molecule has 0 aromatic heterocycles. The number of carboxylic acid groups (broad SMARTS) is 1. The molecule has 1 fully saturated rings. The molecule has 1 unspecified atom stereocenters. The van der Waals surface area contributed by atoms with Gasteiger partial charge in [0.25, 0.3) is 0 Å². The molecule has 17 heavy (non-hydrogen) atoms. The average molecular weight is 245 g/mol. The standard InChI is InChI=1S/C11H19NO5/c1-17-6-9(5-13)12-10(14)7-2-3-8(4-7)11(15)16/h7-9,13H,2-6H2,1H3,(H,12,14)(H,15,16)/t7-,8+,9?/m1/s1. The molecule has 1 rings (SSSR count). The molecule has 1 saturated carbocycles. The lowest BCUT2D eigenvalue weighted by Crippen LogP contribution is -2.43. The van der Waals surface area contributed by atoms with Crippen molar-refractivity contribution in [3.05, 3.63) is 0 Å². The highest BCUT2D eigenvalue weighted by Crippen LogP contribution is 2.31. The maximum absolute atomic E-state index is 11.8. The van der Waals surface area contributed by atoms with Gasteiger partial charge in [-0.1, -0.05) is 0 Å². The Balaban J connectivity index is 2.41. The number of methoxy groups -OCH3 is 1. The van der Waals surface area contributed by atoms with Crippen LogP contribution in [0.5, 0.6) is 0 Å². The summed E-state index contributed by atoms with van der Waals surface area (Å²) in [4.78, 5) is 22.5. The van der Waals surface area contributed by atoms with E-state index in [-0.39, 0.29) is 25.0 Å². The van der Waals surface area contributed by atoms with Gasteiger partial charge in [0.2, 0.25) is 5.91 Å². The highest BCUT2D eigenvalue weighted by molar-refractivity contribution is 5.81. The normalized spacial score (nSPS) is 25.5. The summed E-state index contributed by atoms with van der Waals surface area (Å²) in [5.41, 5.74) is 0. The molecule has 0 spiro atoms. The van der Waals surface area contributed by atoms with E-state index in [1.807, 2.05) is 0 Å². The lowest BCUT2D eigenvalue weighted by Gasteiger charge is -2.18. The van der Waals surface area contributed by atoms with Crippen LogP contribution in [0.4, 0.5) is 0 Å². The fraction of sp³-hybridized carbons (Fsp3) is 0.818. The van der Waals surface area contributed by atoms with E-state index in [1.54, 1.807) is 0 Å². The predicted octanol–water partition coefficient (Wildman–Crippen LogP) is -0.389. The van der Waals surface area contributed by atoms with Crippen LogP contribution in [0.1, 0.15) is 19.3 Å². The SMILES string of the molecule is COCC(CO)NC(=O)[C@@H]1CC[C@H](C(=O)O)C1. The predicted molar refractivity (Wildman–Crippen MR) is 59.4 cm³/mol. The summed E-state index contributed by atoms with van der Waals surface area (Å²) in [7, 11) is 1.49. The van der Waals surface area contributed by atoms with Crippen LogP contribution in [0.3, 0.4) is 0 Å². The third kappa shape index (κ3) is 3.98. The second-order valence-corrected chi connectivity index (χ2v) is 4.39. The van der Waals surface area contributed by atoms with Crippen LogP contribution in [0, 0.1) is 11.8 Å². The minimum atomic E-state index is -0.837. The number of aliphatic carboxylic acids is 1. The molecular weight excluding hydrogens is 226 g/mol. The van der Waals surface area contributed by atoms with Crippen molar-refractivity contribution in [2.24, 2.45) is 11.8 Å². The molecule has 0 aliphatic heterocycles. The van der Waals surface area contributed by atoms with Gasteiger partial charge in [-0.05, 0) is 19.3 Å². The van der Waals surface area contributed by atoms with Gasteiger partial charge in [-0.2, -0.15) is 0 Å². The third-order valence-corrected chi connectivity index (χ3v) is 3.09. The van der Waals surface area contributed by atoms with E-state index in [1.165, 1.54) is 7.11 Å². The van der Waals surface area contributed by atoms with Crippen molar-refractivity contribution in [2.75, 3.05) is 20.3 Å². The summed E-state index contributed by atoms with van der Waals surface area (Å²) in [5.74, 6) is -1.71. The maximum Gasteiger partial charge on any atom is 0.306 e. The van der Waals surface area contributed by atoms with Crippen LogP contribution < -0.4 is 5.32 Å². The van der Waals surface area contributed by atoms with Crippen LogP contribution in [0.2, 0.25) is 0 Å². The number of hydrogen-bond donors (Lipinski definition) is 3. The van der Waals surface area contributed by atoms with Gasteiger partial charge in [-0.25, -0.2) is 0 Å². The quantitative estimate of drug-likeness (QED) is 0.592. The summed E-state index contributed by atoms with van der Waals surface area (Å²) in [6.45, 7) is 0.0615. The second kappa shape index (κ2) is 6.56. The largest absolute Gasteiger partial charge is 0.481 e. The fourth-order valence-corrected chi connectivity index (χ4v) is 2.10. The first-order valence-electron chi connectivity index (χ1n) is 5.71. The summed E-state index contributed by atoms with van der Waals surface area (Å²) < 4.78 is 4.85. The van der Waals surface area contributed by atoms with Crippen molar-refractivity contribution in [2.45, 2.75) is 25.3 Å². The minimum absolute atomic E-state index is 0.186. The van der Waals surface area contributed by atoms with Gasteiger partial charge in [0.15, 0.2) is 0 Å². The number of amides is 1. The van der Waals surface area contributed by atoms with Gasteiger partial charge < -0.3 is 20.3 Å². The summed E-state index contributed by atoms with van der Waals surface area (Å²) in [5, 5.41) is 20.5. The molecule has 1 aliphatic rings. The lowest BCUT2D eigenvalue weighted by molar-refractivity contribution is -0.141. The molecule has 1 aliphatic carbocycles. The molecular formula is C11H19NO5. The van der Waals surface area contributed by atoms with Gasteiger partial charge in [-0.15, -0.1) is 0 Å². The van der Waals surface area contributed by atoms with Gasteiger partial charge in [0, 0.05) is 13.0 Å². The van der Waals surface area contributed by atoms with E-state index in [0.717, 1.165) is 0 Å². The molecule has 98 valence electrons. The Kier molecular flexibility index (Phi) is 5.37. The molecule has 0 heterocycles. The highest BCUT2D eigenvalue weighted by Gasteiger charge is 2.34. The number of ether oxygens (including phenoxy) is 1. The van der Waals surface area contributed by atoms with Crippen LogP contribution in [0.15, 0.2) is 0 Å². The van der Waals surface area contributed by atoms with Crippen molar-refractivity contribution in [3.63, 3.8) is 0 Å². The summed E-state index contributed by atoms with van der Waals surface area (Å²) in [6.07, 6.45) is 1.52. The first-order valence-corrected chi connectivity index (χ1v) is 5.71. The van der Waals surface area contributed by atoms with Gasteiger partial charge in [0.05, 0.1) is 25.2 Å². The van der Waals surface area contributed by atoms with Crippen LogP contribution in [-0.2, 0) is 14.3 Å². The van der Waals surface area contributed by atoms with Crippen molar-refractivity contribution < 1.29 is 24.5 Å². The molecule has 0 saturated heterocycles. The molecule has 1 amide bonds. The zero-order valence-corrected chi connectivity index (χ0v) is 9.89. The maximum atomic E-state index is 11.8. The number of hydrogen-bond acceptors (Lipinski definition) is 4. The van der Waals surface area contributed by atoms with E-state index in [0.29, 0.717) is 19.3 Å². The number of aliphatic hydroxyl groups excluding tert-OH is 1. The minimum Gasteiger partial charge on any atom is -0.481 e. The molecule has 0 radical (unpaired) electrons. The monoisotopic (exact) mass is 245 g/mol. The van der Waals surface area contributed by atoms with Crippen LogP contribution in [-0.4, -0.2) is 48.5 Å². The third-order valence-electron chi connectivity index (χ3n) is 3.09. The summed E-state index contributed by atoms with van der Waals surface area (Å²) in [6, 6.07) is -0.420. The van der Waals surface area contributed by atoms with Crippen LogP contribution in [0.25, 0.3) is 0 Å². The Morgan fingerprint density at radius 3 is 2.53 bits per heavy atom. The zero-order chi connectivity index (χ0) is 12.8. The van der Waals surface area contributed by atoms with Crippen molar-refractivity contribution in [1.82, 2.24) is 5.32 Å². The van der Waals surface area contributed by atoms with Crippen LogP contribution >= 0.6 is 0 Å². The zero-order valence-electron chi connectivity index (χ0n) is 9.89. The first-order chi connectivity index (χ1) is 8.08. The number of rotatable bonds is 6. The van der Waals surface area contributed by atoms with Crippen molar-refractivity contribution >= 4 is 11.9 Å². The lowest BCUT2D eigenvalue weighted by atomic mass is 10.0. The van der Waals surface area contributed by atoms with E-state index in [4.69, 9.17) is 14.9 Å². The second-order valence-electron chi connectivity index (χ2n) is 4.39. The summed E-state index contributed by atoms with van der Waals surface area (Å²) >= 11 is 0. The molecule has 0 aromatic rings. The van der Waals surface area contributed by atoms with Crippen molar-refractivity contribution in [1.29, 1.82) is 0 Å². The molecule has 6 nitrogen and oxygen atoms in total. The number of carbonyl (C=O) groups is 2. The average Bonchev–Trinajstić information content (AvgIpc) is 2.77. The van der Waals surface area contributed by atoms with E-state index in [9.17, 15) is 9.59 Å². The van der Waals surface area contributed by atoms with E-state index >= 15 is 0 Å². The number of nitrogens with one attached hydrogen (secondary N) is 1. The van der Waals surface area contributed by atoms with Gasteiger partial charge in [-0.3, -0.25) is 9.59 Å². The molecule has 0 bridgehead atoms. The Morgan fingerprint density at radius 2 is 2.06 bits per heavy atom. The number of carbonyl (C=O) groups excluding carboxylic acids is 1. The molecule has 3 N–H and O–H groups in total. The molecule has 6 heteroatoms. The Hall–Kier alpha value is -1.14. The Morgan fingerprint density at radius 1 is 1.41 bits per heavy atom. The van der Waals surface area contributed by atoms with E-state index in [2.05, 4.69) is 5.32 Å². The smallest absolute Gasteiger partial charge is 0.306 e. The fourth-order valence-electron chi connectivity index (χ4n) is 2.10. The Bertz CT molecular complexity index is 281. The highest BCUT2D eigenvalue weighted by atomic mass is 16.5. The van der Waals surface area contributed by atoms with Gasteiger partial charge >= 0.3 is 5.97 Å². The molecule has 0 aromatic carbocycles. The van der Waals surface area contributed by atoms with Crippen molar-refractivity contribution in [3.8, 4) is 0 Å². The molecule has 3 atom stereocenters. The van der Waals surface area contributed by atoms with E-state index < -0.39 is 17.9 Å². The Labute approximate surface area is 100.0 Å². The number of aliphatic hydroxyl groups is 1. The van der Waals surface area contributed by atoms with Gasteiger partial charge in [0.1, 0.15) is 0 Å². The first kappa shape index (κ1) is 13.9. The topological polar surface area (TPSA) is 95.9 Å².